The largest absolute Gasteiger partial charge is 0.480 e. The summed E-state index contributed by atoms with van der Waals surface area (Å²) in [7, 11) is 1.55. The van der Waals surface area contributed by atoms with Crippen LogP contribution in [-0.2, 0) is 4.79 Å². The normalized spacial score (nSPS) is 17.3. The van der Waals surface area contributed by atoms with Crippen molar-refractivity contribution in [2.45, 2.75) is 44.6 Å². The van der Waals surface area contributed by atoms with Crippen molar-refractivity contribution in [3.8, 4) is 12.3 Å². The molecule has 0 spiro atoms. The van der Waals surface area contributed by atoms with Gasteiger partial charge in [0.2, 0.25) is 0 Å². The van der Waals surface area contributed by atoms with Crippen molar-refractivity contribution in [3.05, 3.63) is 0 Å². The molecule has 1 atom stereocenters. The van der Waals surface area contributed by atoms with Gasteiger partial charge >= 0.3 is 12.0 Å². The van der Waals surface area contributed by atoms with Crippen molar-refractivity contribution >= 4 is 12.0 Å². The number of nitrogens with one attached hydrogen (secondary N) is 1. The summed E-state index contributed by atoms with van der Waals surface area (Å²) >= 11 is 0. The predicted molar refractivity (Wildman–Crippen MR) is 72.6 cm³/mol. The molecular formula is C14H22N2O3. The van der Waals surface area contributed by atoms with Crippen LogP contribution in [0.2, 0.25) is 0 Å². The Hall–Kier alpha value is -1.70. The summed E-state index contributed by atoms with van der Waals surface area (Å²) in [5, 5.41) is 11.7. The number of carbonyl (C=O) groups is 2. The van der Waals surface area contributed by atoms with Crippen molar-refractivity contribution < 1.29 is 14.7 Å². The van der Waals surface area contributed by atoms with Crippen LogP contribution >= 0.6 is 0 Å². The zero-order chi connectivity index (χ0) is 14.3. The van der Waals surface area contributed by atoms with Gasteiger partial charge in [-0.15, -0.1) is 6.42 Å². The van der Waals surface area contributed by atoms with Crippen LogP contribution in [0, 0.1) is 18.3 Å². The van der Waals surface area contributed by atoms with E-state index >= 15 is 0 Å². The Morgan fingerprint density at radius 1 is 1.42 bits per heavy atom. The fourth-order valence-electron chi connectivity index (χ4n) is 2.45. The molecule has 0 heterocycles. The Balaban J connectivity index is 2.50. The quantitative estimate of drug-likeness (QED) is 0.744. The third-order valence-corrected chi connectivity index (χ3v) is 3.56. The van der Waals surface area contributed by atoms with Crippen molar-refractivity contribution in [3.63, 3.8) is 0 Å². The Morgan fingerprint density at radius 2 is 2.05 bits per heavy atom. The second kappa shape index (κ2) is 7.67. The lowest BCUT2D eigenvalue weighted by atomic mass is 9.85. The highest BCUT2D eigenvalue weighted by Crippen LogP contribution is 2.27. The first-order valence-corrected chi connectivity index (χ1v) is 6.72. The number of aliphatic carboxylic acids is 1. The molecule has 5 nitrogen and oxygen atoms in total. The molecule has 0 aromatic rings. The Morgan fingerprint density at radius 3 is 2.58 bits per heavy atom. The number of carboxylic acid groups (broad SMARTS) is 1. The van der Waals surface area contributed by atoms with E-state index in [9.17, 15) is 14.7 Å². The summed E-state index contributed by atoms with van der Waals surface area (Å²) < 4.78 is 0. The molecule has 0 unspecified atom stereocenters. The molecule has 0 aliphatic heterocycles. The van der Waals surface area contributed by atoms with Gasteiger partial charge < -0.3 is 15.3 Å². The summed E-state index contributed by atoms with van der Waals surface area (Å²) in [6.07, 6.45) is 11.3. The number of rotatable bonds is 5. The van der Waals surface area contributed by atoms with E-state index in [1.165, 1.54) is 11.3 Å². The van der Waals surface area contributed by atoms with Crippen molar-refractivity contribution in [1.82, 2.24) is 10.2 Å². The second-order valence-corrected chi connectivity index (χ2v) is 5.14. The van der Waals surface area contributed by atoms with E-state index in [1.54, 1.807) is 7.05 Å². The first-order chi connectivity index (χ1) is 9.04. The van der Waals surface area contributed by atoms with Crippen LogP contribution in [0.3, 0.4) is 0 Å². The van der Waals surface area contributed by atoms with Crippen LogP contribution in [0.25, 0.3) is 0 Å². The first kappa shape index (κ1) is 15.4. The van der Waals surface area contributed by atoms with Crippen LogP contribution in [0.1, 0.15) is 38.5 Å². The van der Waals surface area contributed by atoms with Crippen LogP contribution in [0.4, 0.5) is 4.79 Å². The molecule has 1 saturated carbocycles. The number of amides is 2. The van der Waals surface area contributed by atoms with E-state index < -0.39 is 18.0 Å². The summed E-state index contributed by atoms with van der Waals surface area (Å²) in [5.41, 5.74) is 0. The summed E-state index contributed by atoms with van der Waals surface area (Å²) in [6.45, 7) is 0.168. The molecule has 1 aliphatic carbocycles. The zero-order valence-electron chi connectivity index (χ0n) is 11.4. The van der Waals surface area contributed by atoms with E-state index in [0.717, 1.165) is 25.7 Å². The lowest BCUT2D eigenvalue weighted by Gasteiger charge is -2.26. The average Bonchev–Trinajstić information content (AvgIpc) is 2.39. The smallest absolute Gasteiger partial charge is 0.326 e. The van der Waals surface area contributed by atoms with Crippen LogP contribution < -0.4 is 5.32 Å². The SMILES string of the molecule is C#CCN(C)C(=O)N[C@H](CC1CCCCC1)C(=O)O. The lowest BCUT2D eigenvalue weighted by molar-refractivity contribution is -0.139. The van der Waals surface area contributed by atoms with Gasteiger partial charge in [0.1, 0.15) is 6.04 Å². The van der Waals surface area contributed by atoms with Gasteiger partial charge in [0.25, 0.3) is 0 Å². The predicted octanol–water partition coefficient (Wildman–Crippen LogP) is 1.68. The van der Waals surface area contributed by atoms with Gasteiger partial charge in [0.15, 0.2) is 0 Å². The molecule has 19 heavy (non-hydrogen) atoms. The summed E-state index contributed by atoms with van der Waals surface area (Å²) in [4.78, 5) is 24.3. The third kappa shape index (κ3) is 5.21. The van der Waals surface area contributed by atoms with E-state index in [2.05, 4.69) is 11.2 Å². The van der Waals surface area contributed by atoms with Gasteiger partial charge in [0, 0.05) is 7.05 Å². The highest BCUT2D eigenvalue weighted by Gasteiger charge is 2.26. The van der Waals surface area contributed by atoms with Gasteiger partial charge in [0.05, 0.1) is 6.54 Å². The highest BCUT2D eigenvalue weighted by atomic mass is 16.4. The molecular weight excluding hydrogens is 244 g/mol. The summed E-state index contributed by atoms with van der Waals surface area (Å²) in [6, 6.07) is -1.25. The Bertz CT molecular complexity index is 356. The van der Waals surface area contributed by atoms with E-state index in [0.29, 0.717) is 12.3 Å². The highest BCUT2D eigenvalue weighted by molar-refractivity contribution is 5.82. The number of nitrogens with zero attached hydrogens (tertiary/aromatic N) is 1. The van der Waals surface area contributed by atoms with Crippen LogP contribution in [0.5, 0.6) is 0 Å². The van der Waals surface area contributed by atoms with Crippen molar-refractivity contribution in [1.29, 1.82) is 0 Å². The van der Waals surface area contributed by atoms with E-state index in [-0.39, 0.29) is 6.54 Å². The standard InChI is InChI=1S/C14H22N2O3/c1-3-9-16(2)14(19)15-12(13(17)18)10-11-7-5-4-6-8-11/h1,11-12H,4-10H2,2H3,(H,15,19)(H,17,18)/t12-/m1/s1. The van der Waals surface area contributed by atoms with Crippen molar-refractivity contribution in [2.75, 3.05) is 13.6 Å². The fraction of sp³-hybridized carbons (Fsp3) is 0.714. The van der Waals surface area contributed by atoms with E-state index in [4.69, 9.17) is 6.42 Å². The fourth-order valence-corrected chi connectivity index (χ4v) is 2.45. The molecule has 2 N–H and O–H groups in total. The molecule has 0 aromatic heterocycles. The van der Waals surface area contributed by atoms with Crippen LogP contribution in [0.15, 0.2) is 0 Å². The minimum atomic E-state index is -0.979. The van der Waals surface area contributed by atoms with Crippen LogP contribution in [-0.4, -0.2) is 41.6 Å². The molecule has 1 aliphatic rings. The molecule has 2 amide bonds. The Kier molecular flexibility index (Phi) is 6.20. The molecule has 106 valence electrons. The van der Waals surface area contributed by atoms with E-state index in [1.807, 2.05) is 0 Å². The molecule has 1 fully saturated rings. The molecule has 0 radical (unpaired) electrons. The maximum atomic E-state index is 11.7. The second-order valence-electron chi connectivity index (χ2n) is 5.14. The number of terminal acetylenes is 1. The maximum absolute atomic E-state index is 11.7. The molecule has 0 saturated heterocycles. The van der Waals surface area contributed by atoms with Gasteiger partial charge in [-0.25, -0.2) is 9.59 Å². The number of hydrogen-bond acceptors (Lipinski definition) is 2. The van der Waals surface area contributed by atoms with Gasteiger partial charge in [-0.05, 0) is 12.3 Å². The third-order valence-electron chi connectivity index (χ3n) is 3.56. The van der Waals surface area contributed by atoms with Gasteiger partial charge in [-0.3, -0.25) is 0 Å². The Labute approximate surface area is 114 Å². The number of hydrogen-bond donors (Lipinski definition) is 2. The molecule has 0 bridgehead atoms. The average molecular weight is 266 g/mol. The maximum Gasteiger partial charge on any atom is 0.326 e. The van der Waals surface area contributed by atoms with Gasteiger partial charge in [-0.2, -0.15) is 0 Å². The molecule has 0 aromatic carbocycles. The summed E-state index contributed by atoms with van der Waals surface area (Å²) in [5.74, 6) is 1.77. The minimum absolute atomic E-state index is 0.168. The number of urea groups is 1. The number of carbonyl (C=O) groups excluding carboxylic acids is 1. The lowest BCUT2D eigenvalue weighted by Crippen LogP contribution is -2.47. The topological polar surface area (TPSA) is 69.6 Å². The molecule has 1 rings (SSSR count). The number of carboxylic acids is 1. The van der Waals surface area contributed by atoms with Crippen molar-refractivity contribution in [2.24, 2.45) is 5.92 Å². The minimum Gasteiger partial charge on any atom is -0.480 e. The zero-order valence-corrected chi connectivity index (χ0v) is 11.4. The molecule has 5 heteroatoms. The monoisotopic (exact) mass is 266 g/mol. The first-order valence-electron chi connectivity index (χ1n) is 6.72. The van der Waals surface area contributed by atoms with Gasteiger partial charge in [-0.1, -0.05) is 38.0 Å².